The Morgan fingerprint density at radius 1 is 1.53 bits per heavy atom. The molecule has 0 bridgehead atoms. The molecule has 1 rings (SSSR count). The molecule has 1 aromatic rings. The molecule has 0 aliphatic rings. The van der Waals surface area contributed by atoms with Crippen LogP contribution in [0.1, 0.15) is 13.8 Å². The monoisotopic (exact) mass is 208 g/mol. The van der Waals surface area contributed by atoms with Crippen LogP contribution in [0.5, 0.6) is 0 Å². The molecule has 0 spiro atoms. The van der Waals surface area contributed by atoms with E-state index in [-0.39, 0.29) is 12.5 Å². The van der Waals surface area contributed by atoms with Crippen molar-refractivity contribution in [2.45, 2.75) is 13.8 Å². The van der Waals surface area contributed by atoms with Gasteiger partial charge in [-0.2, -0.15) is 5.10 Å². The summed E-state index contributed by atoms with van der Waals surface area (Å²) >= 11 is 0. The fourth-order valence-electron chi connectivity index (χ4n) is 0.947. The summed E-state index contributed by atoms with van der Waals surface area (Å²) in [7, 11) is 0. The van der Waals surface area contributed by atoms with Crippen LogP contribution in [-0.4, -0.2) is 29.2 Å². The second kappa shape index (κ2) is 5.95. The van der Waals surface area contributed by atoms with Gasteiger partial charge in [0.05, 0.1) is 6.54 Å². The molecule has 5 heteroatoms. The number of hydrogen-bond acceptors (Lipinski definition) is 4. The van der Waals surface area contributed by atoms with Gasteiger partial charge in [-0.25, -0.2) is 0 Å². The van der Waals surface area contributed by atoms with Crippen molar-refractivity contribution in [2.75, 3.05) is 18.4 Å². The van der Waals surface area contributed by atoms with Crippen molar-refractivity contribution in [1.82, 2.24) is 15.5 Å². The number of anilines is 1. The Morgan fingerprint density at radius 2 is 2.33 bits per heavy atom. The minimum atomic E-state index is -0.0330. The second-order valence-corrected chi connectivity index (χ2v) is 3.66. The maximum absolute atomic E-state index is 11.3. The quantitative estimate of drug-likeness (QED) is 0.746. The Balaban J connectivity index is 2.23. The molecule has 0 aliphatic heterocycles. The van der Waals surface area contributed by atoms with Crippen LogP contribution in [0.3, 0.4) is 0 Å². The Hall–Kier alpha value is -1.65. The van der Waals surface area contributed by atoms with Crippen molar-refractivity contribution in [1.29, 1.82) is 0 Å². The van der Waals surface area contributed by atoms with E-state index in [1.54, 1.807) is 18.3 Å². The molecule has 0 aliphatic carbocycles. The van der Waals surface area contributed by atoms with Crippen LogP contribution in [0, 0.1) is 5.92 Å². The third kappa shape index (κ3) is 4.95. The zero-order valence-corrected chi connectivity index (χ0v) is 9.03. The highest BCUT2D eigenvalue weighted by Gasteiger charge is 2.01. The number of nitrogens with zero attached hydrogens (tertiary/aromatic N) is 2. The van der Waals surface area contributed by atoms with E-state index in [0.717, 1.165) is 0 Å². The van der Waals surface area contributed by atoms with Crippen LogP contribution >= 0.6 is 0 Å². The van der Waals surface area contributed by atoms with Crippen LogP contribution in [0.15, 0.2) is 18.3 Å². The van der Waals surface area contributed by atoms with Gasteiger partial charge in [0.1, 0.15) is 5.82 Å². The van der Waals surface area contributed by atoms with Gasteiger partial charge in [-0.05, 0) is 18.1 Å². The van der Waals surface area contributed by atoms with Crippen LogP contribution in [0.2, 0.25) is 0 Å². The Morgan fingerprint density at radius 3 is 2.93 bits per heavy atom. The third-order valence-electron chi connectivity index (χ3n) is 1.71. The predicted octanol–water partition coefficient (Wildman–Crippen LogP) is 0.661. The van der Waals surface area contributed by atoms with Crippen molar-refractivity contribution in [2.24, 2.45) is 5.92 Å². The van der Waals surface area contributed by atoms with Gasteiger partial charge < -0.3 is 10.6 Å². The SMILES string of the molecule is CC(C)CNC(=O)CNc1cccnn1. The molecular weight excluding hydrogens is 192 g/mol. The molecule has 0 saturated heterocycles. The summed E-state index contributed by atoms with van der Waals surface area (Å²) in [6.45, 7) is 5.03. The number of carbonyl (C=O) groups excluding carboxylic acids is 1. The minimum Gasteiger partial charge on any atom is -0.360 e. The van der Waals surface area contributed by atoms with Gasteiger partial charge >= 0.3 is 0 Å². The lowest BCUT2D eigenvalue weighted by molar-refractivity contribution is -0.119. The summed E-state index contributed by atoms with van der Waals surface area (Å²) in [4.78, 5) is 11.3. The van der Waals surface area contributed by atoms with E-state index in [0.29, 0.717) is 18.3 Å². The number of amides is 1. The topological polar surface area (TPSA) is 66.9 Å². The van der Waals surface area contributed by atoms with Crippen LogP contribution < -0.4 is 10.6 Å². The molecule has 0 atom stereocenters. The van der Waals surface area contributed by atoms with Crippen molar-refractivity contribution >= 4 is 11.7 Å². The molecule has 0 aromatic carbocycles. The fraction of sp³-hybridized carbons (Fsp3) is 0.500. The summed E-state index contributed by atoms with van der Waals surface area (Å²) in [5.41, 5.74) is 0. The molecule has 0 saturated carbocycles. The Labute approximate surface area is 89.3 Å². The van der Waals surface area contributed by atoms with Gasteiger partial charge in [-0.15, -0.1) is 5.10 Å². The zero-order valence-electron chi connectivity index (χ0n) is 9.03. The first-order valence-corrected chi connectivity index (χ1v) is 4.96. The van der Waals surface area contributed by atoms with Crippen molar-refractivity contribution in [3.63, 3.8) is 0 Å². The Bertz CT molecular complexity index is 300. The molecule has 1 aromatic heterocycles. The number of nitrogens with one attached hydrogen (secondary N) is 2. The van der Waals surface area contributed by atoms with E-state index < -0.39 is 0 Å². The maximum atomic E-state index is 11.3. The lowest BCUT2D eigenvalue weighted by Crippen LogP contribution is -2.32. The first-order chi connectivity index (χ1) is 7.18. The van der Waals surface area contributed by atoms with E-state index in [1.807, 2.05) is 0 Å². The van der Waals surface area contributed by atoms with E-state index >= 15 is 0 Å². The summed E-state index contributed by atoms with van der Waals surface area (Å²) in [5, 5.41) is 13.2. The lowest BCUT2D eigenvalue weighted by Gasteiger charge is -2.08. The average molecular weight is 208 g/mol. The minimum absolute atomic E-state index is 0.0330. The number of hydrogen-bond donors (Lipinski definition) is 2. The second-order valence-electron chi connectivity index (χ2n) is 3.66. The molecule has 15 heavy (non-hydrogen) atoms. The molecule has 1 heterocycles. The highest BCUT2D eigenvalue weighted by molar-refractivity contribution is 5.80. The predicted molar refractivity (Wildman–Crippen MR) is 58.4 cm³/mol. The largest absolute Gasteiger partial charge is 0.360 e. The summed E-state index contributed by atoms with van der Waals surface area (Å²) < 4.78 is 0. The first kappa shape index (κ1) is 11.4. The highest BCUT2D eigenvalue weighted by Crippen LogP contribution is 1.96. The molecule has 82 valence electrons. The summed E-state index contributed by atoms with van der Waals surface area (Å²) in [5.74, 6) is 1.04. The standard InChI is InChI=1S/C10H16N4O/c1-8(2)6-12-10(15)7-11-9-4-3-5-13-14-9/h3-5,8H,6-7H2,1-2H3,(H,11,14)(H,12,15). The van der Waals surface area contributed by atoms with E-state index in [1.165, 1.54) is 0 Å². The number of carbonyl (C=O) groups is 1. The molecule has 1 amide bonds. The van der Waals surface area contributed by atoms with Gasteiger partial charge in [0.2, 0.25) is 5.91 Å². The van der Waals surface area contributed by atoms with E-state index in [2.05, 4.69) is 34.7 Å². The van der Waals surface area contributed by atoms with E-state index in [4.69, 9.17) is 0 Å². The first-order valence-electron chi connectivity index (χ1n) is 4.96. The molecule has 0 unspecified atom stereocenters. The molecular formula is C10H16N4O. The maximum Gasteiger partial charge on any atom is 0.239 e. The third-order valence-corrected chi connectivity index (χ3v) is 1.71. The lowest BCUT2D eigenvalue weighted by atomic mass is 10.2. The van der Waals surface area contributed by atoms with Gasteiger partial charge in [-0.3, -0.25) is 4.79 Å². The van der Waals surface area contributed by atoms with Gasteiger partial charge in [-0.1, -0.05) is 13.8 Å². The summed E-state index contributed by atoms with van der Waals surface area (Å²) in [6.07, 6.45) is 1.59. The zero-order chi connectivity index (χ0) is 11.1. The van der Waals surface area contributed by atoms with Crippen molar-refractivity contribution in [3.05, 3.63) is 18.3 Å². The normalized spacial score (nSPS) is 10.1. The summed E-state index contributed by atoms with van der Waals surface area (Å²) in [6, 6.07) is 3.53. The Kier molecular flexibility index (Phi) is 4.53. The average Bonchev–Trinajstić information content (AvgIpc) is 2.25. The number of rotatable bonds is 5. The molecule has 0 fully saturated rings. The van der Waals surface area contributed by atoms with Crippen LogP contribution in [0.25, 0.3) is 0 Å². The highest BCUT2D eigenvalue weighted by atomic mass is 16.1. The van der Waals surface area contributed by atoms with E-state index in [9.17, 15) is 4.79 Å². The number of aromatic nitrogens is 2. The van der Waals surface area contributed by atoms with Crippen molar-refractivity contribution in [3.8, 4) is 0 Å². The van der Waals surface area contributed by atoms with Crippen molar-refractivity contribution < 1.29 is 4.79 Å². The molecule has 0 radical (unpaired) electrons. The van der Waals surface area contributed by atoms with Gasteiger partial charge in [0.15, 0.2) is 0 Å². The van der Waals surface area contributed by atoms with Crippen LogP contribution in [-0.2, 0) is 4.79 Å². The van der Waals surface area contributed by atoms with Gasteiger partial charge in [0.25, 0.3) is 0 Å². The molecule has 2 N–H and O–H groups in total. The van der Waals surface area contributed by atoms with Crippen LogP contribution in [0.4, 0.5) is 5.82 Å². The fourth-order valence-corrected chi connectivity index (χ4v) is 0.947. The smallest absolute Gasteiger partial charge is 0.239 e. The van der Waals surface area contributed by atoms with Gasteiger partial charge in [0, 0.05) is 12.7 Å². The molecule has 5 nitrogen and oxygen atoms in total.